The first-order valence-corrected chi connectivity index (χ1v) is 27.7. The predicted octanol–water partition coefficient (Wildman–Crippen LogP) is 18.5. The van der Waals surface area contributed by atoms with Crippen molar-refractivity contribution in [1.29, 1.82) is 0 Å². The van der Waals surface area contributed by atoms with Crippen LogP contribution in [0.3, 0.4) is 0 Å². The van der Waals surface area contributed by atoms with Crippen LogP contribution in [0.25, 0.3) is 43.8 Å². The molecular formula is C59H70O11P2. The molecule has 0 fully saturated rings. The smallest absolute Gasteiger partial charge is 0.497 e. The summed E-state index contributed by atoms with van der Waals surface area (Å²) in [4.78, 5) is 13.9. The third-order valence-corrected chi connectivity index (χ3v) is 16.0. The molecule has 0 bridgehead atoms. The van der Waals surface area contributed by atoms with E-state index in [0.29, 0.717) is 56.6 Å². The first kappa shape index (κ1) is 52.3. The molecule has 0 N–H and O–H groups in total. The Morgan fingerprint density at radius 1 is 0.472 bits per heavy atom. The average Bonchev–Trinajstić information content (AvgIpc) is 3.54. The highest BCUT2D eigenvalue weighted by Crippen LogP contribution is 2.57. The number of ether oxygens (including phenoxy) is 4. The molecule has 11 nitrogen and oxygen atoms in total. The fourth-order valence-corrected chi connectivity index (χ4v) is 12.3. The van der Waals surface area contributed by atoms with E-state index in [4.69, 9.17) is 45.4 Å². The second kappa shape index (κ2) is 23.2. The Bertz CT molecular complexity index is 3030. The van der Waals surface area contributed by atoms with Gasteiger partial charge in [0, 0.05) is 49.5 Å². The van der Waals surface area contributed by atoms with Gasteiger partial charge in [-0.3, -0.25) is 0 Å². The molecule has 0 saturated carbocycles. The quantitative estimate of drug-likeness (QED) is 0.0640. The summed E-state index contributed by atoms with van der Waals surface area (Å²) in [6.07, 6.45) is 7.34. The van der Waals surface area contributed by atoms with Crippen molar-refractivity contribution in [1.82, 2.24) is 0 Å². The van der Waals surface area contributed by atoms with E-state index < -0.39 is 22.8 Å². The topological polar surface area (TPSA) is 117 Å². The van der Waals surface area contributed by atoms with Crippen molar-refractivity contribution >= 4 is 55.5 Å². The highest BCUT2D eigenvalue weighted by atomic mass is 31.2. The second-order valence-electron chi connectivity index (χ2n) is 19.1. The third kappa shape index (κ3) is 10.7. The molecule has 382 valence electrons. The maximum Gasteiger partial charge on any atom is 0.532 e. The molecule has 0 spiro atoms. The van der Waals surface area contributed by atoms with Gasteiger partial charge in [-0.05, 0) is 109 Å². The van der Waals surface area contributed by atoms with Crippen molar-refractivity contribution in [2.75, 3.05) is 28.4 Å². The van der Waals surface area contributed by atoms with Crippen LogP contribution < -0.4 is 32.5 Å². The van der Waals surface area contributed by atoms with E-state index in [1.165, 1.54) is 0 Å². The van der Waals surface area contributed by atoms with Gasteiger partial charge in [-0.2, -0.15) is 0 Å². The summed E-state index contributed by atoms with van der Waals surface area (Å²) in [7, 11) is 2.17. The van der Waals surface area contributed by atoms with Gasteiger partial charge in [0.05, 0.1) is 28.4 Å². The Morgan fingerprint density at radius 3 is 1.38 bits per heavy atom. The van der Waals surface area contributed by atoms with Crippen LogP contribution in [0.2, 0.25) is 0 Å². The first-order valence-electron chi connectivity index (χ1n) is 25.5. The van der Waals surface area contributed by atoms with E-state index in [9.17, 15) is 4.79 Å². The highest BCUT2D eigenvalue weighted by Gasteiger charge is 2.36. The van der Waals surface area contributed by atoms with Crippen LogP contribution in [0.15, 0.2) is 93.3 Å². The minimum Gasteiger partial charge on any atom is -0.497 e. The Morgan fingerprint density at radius 2 is 0.903 bits per heavy atom. The number of benzene rings is 6. The van der Waals surface area contributed by atoms with Gasteiger partial charge >= 0.3 is 22.8 Å². The Kier molecular flexibility index (Phi) is 16.9. The zero-order valence-electron chi connectivity index (χ0n) is 43.9. The van der Waals surface area contributed by atoms with Crippen LogP contribution in [0.1, 0.15) is 163 Å². The van der Waals surface area contributed by atoms with Gasteiger partial charge in [0.1, 0.15) is 51.2 Å². The highest BCUT2D eigenvalue weighted by molar-refractivity contribution is 7.43. The summed E-state index contributed by atoms with van der Waals surface area (Å²) in [5.41, 5.74) is 6.73. The number of rotatable bonds is 21. The van der Waals surface area contributed by atoms with E-state index >= 15 is 0 Å². The van der Waals surface area contributed by atoms with Crippen molar-refractivity contribution in [3.63, 3.8) is 0 Å². The van der Waals surface area contributed by atoms with Crippen LogP contribution in [0.4, 0.5) is 0 Å². The second-order valence-corrected chi connectivity index (χ2v) is 21.1. The molecule has 7 aromatic rings. The minimum atomic E-state index is -2.31. The SMILES string of the molecule is CCCC(C)c1cc(OC)cc(-c2cc(OC)cc(C(C)CCC)c2Op2oc3c(C(C)CCC)cc(OC)cc3c3cc(OC)cc(C(C)CCC)c3o2)c1OP1OC(=O)c2ccc3ccccc3c2O1. The third-order valence-electron chi connectivity index (χ3n) is 14.0. The molecule has 2 heterocycles. The van der Waals surface area contributed by atoms with E-state index in [1.807, 2.05) is 66.7 Å². The van der Waals surface area contributed by atoms with Crippen LogP contribution in [0.5, 0.6) is 40.2 Å². The molecule has 0 amide bonds. The summed E-state index contributed by atoms with van der Waals surface area (Å²) in [5, 5.41) is 3.40. The number of fused-ring (bicyclic) bond motifs is 6. The molecule has 1 aliphatic rings. The van der Waals surface area contributed by atoms with Gasteiger partial charge in [0.15, 0.2) is 5.75 Å². The van der Waals surface area contributed by atoms with Gasteiger partial charge in [-0.15, -0.1) is 0 Å². The summed E-state index contributed by atoms with van der Waals surface area (Å²) >= 11 is 0. The summed E-state index contributed by atoms with van der Waals surface area (Å²) in [6, 6.07) is 27.6. The lowest BCUT2D eigenvalue weighted by Crippen LogP contribution is -2.15. The maximum absolute atomic E-state index is 13.9. The normalized spacial score (nSPS) is 15.2. The molecule has 8 rings (SSSR count). The number of methoxy groups -OCH3 is 4. The molecule has 0 radical (unpaired) electrons. The molecule has 5 atom stereocenters. The van der Waals surface area contributed by atoms with Gasteiger partial charge in [0.2, 0.25) is 0 Å². The van der Waals surface area contributed by atoms with Gasteiger partial charge in [-0.1, -0.05) is 111 Å². The first-order chi connectivity index (χ1) is 34.9. The monoisotopic (exact) mass is 1020 g/mol. The Hall–Kier alpha value is -6.02. The number of hydrogen-bond donors (Lipinski definition) is 0. The van der Waals surface area contributed by atoms with E-state index in [1.54, 1.807) is 34.5 Å². The fourth-order valence-electron chi connectivity index (χ4n) is 10.1. The molecule has 1 aliphatic heterocycles. The van der Waals surface area contributed by atoms with E-state index in [0.717, 1.165) is 107 Å². The van der Waals surface area contributed by atoms with Crippen molar-refractivity contribution in [3.8, 4) is 51.4 Å². The lowest BCUT2D eigenvalue weighted by molar-refractivity contribution is 0.0698. The fraction of sp³-hybridized carbons (Fsp3) is 0.407. The molecule has 6 aromatic carbocycles. The van der Waals surface area contributed by atoms with Gasteiger partial charge < -0.3 is 45.4 Å². The summed E-state index contributed by atoms with van der Waals surface area (Å²) < 4.78 is 66.0. The summed E-state index contributed by atoms with van der Waals surface area (Å²) in [5.74, 6) is 3.81. The summed E-state index contributed by atoms with van der Waals surface area (Å²) in [6.45, 7) is 17.5. The molecule has 13 heteroatoms. The van der Waals surface area contributed by atoms with Crippen molar-refractivity contribution in [2.45, 2.75) is 130 Å². The van der Waals surface area contributed by atoms with E-state index in [2.05, 4.69) is 67.5 Å². The van der Waals surface area contributed by atoms with Crippen molar-refractivity contribution < 1.29 is 50.2 Å². The standard InChI is InChI=1S/C59H70O11P2/c1-13-19-35(5)46-27-40(61-9)31-50-51-32-41(62-10)28-47(36(6)20-14-2)56(51)67-71(66-55(46)50)68-57-48(37(7)21-15-3)29-42(63-11)33-52(57)53-34-43(64-12)30-49(38(8)22-16-4)58(53)69-72-65-54-44-24-18-17-23-39(44)25-26-45(54)59(60)70-72/h17-18,23-38H,13-16,19-22H2,1-12H3. The van der Waals surface area contributed by atoms with Crippen LogP contribution >= 0.6 is 16.8 Å². The minimum absolute atomic E-state index is 0.000510. The maximum atomic E-state index is 13.9. The number of hydrogen-bond acceptors (Lipinski definition) is 11. The zero-order chi connectivity index (χ0) is 51.2. The van der Waals surface area contributed by atoms with Gasteiger partial charge in [-0.25, -0.2) is 4.79 Å². The number of carbonyl (C=O) groups excluding carboxylic acids is 1. The Labute approximate surface area is 427 Å². The van der Waals surface area contributed by atoms with Gasteiger partial charge in [0.25, 0.3) is 0 Å². The van der Waals surface area contributed by atoms with Crippen molar-refractivity contribution in [2.24, 2.45) is 0 Å². The molecular weight excluding hydrogens is 947 g/mol. The molecule has 0 aliphatic carbocycles. The van der Waals surface area contributed by atoms with Crippen LogP contribution in [0, 0.1) is 0 Å². The lowest BCUT2D eigenvalue weighted by atomic mass is 9.88. The zero-order valence-corrected chi connectivity index (χ0v) is 45.7. The van der Waals surface area contributed by atoms with E-state index in [-0.39, 0.29) is 23.7 Å². The molecule has 5 unspecified atom stereocenters. The molecule has 72 heavy (non-hydrogen) atoms. The van der Waals surface area contributed by atoms with Crippen LogP contribution in [-0.2, 0) is 4.52 Å². The average molecular weight is 1020 g/mol. The largest absolute Gasteiger partial charge is 0.532 e. The lowest BCUT2D eigenvalue weighted by Gasteiger charge is -2.28. The molecule has 0 saturated heterocycles. The number of carbonyl (C=O) groups is 1. The van der Waals surface area contributed by atoms with Crippen LogP contribution in [-0.4, -0.2) is 34.4 Å². The molecule has 1 aromatic heterocycles. The van der Waals surface area contributed by atoms with Crippen molar-refractivity contribution in [3.05, 3.63) is 113 Å². The Balaban J connectivity index is 1.44. The predicted molar refractivity (Wildman–Crippen MR) is 291 cm³/mol.